The summed E-state index contributed by atoms with van der Waals surface area (Å²) in [6.45, 7) is 8.07. The molecule has 0 aromatic heterocycles. The lowest BCUT2D eigenvalue weighted by Gasteiger charge is -2.57. The van der Waals surface area contributed by atoms with Crippen LogP contribution in [0.3, 0.4) is 0 Å². The van der Waals surface area contributed by atoms with E-state index < -0.39 is 5.60 Å². The van der Waals surface area contributed by atoms with Crippen LogP contribution in [0.4, 0.5) is 0 Å². The van der Waals surface area contributed by atoms with E-state index in [1.165, 1.54) is 25.3 Å². The van der Waals surface area contributed by atoms with Crippen LogP contribution < -0.4 is 0 Å². The summed E-state index contributed by atoms with van der Waals surface area (Å²) in [6.07, 6.45) is 10.1. The standard InChI is InChI=1S/C23H32O4/c1-13(24)23-12-19-17-6-5-15-11-16(26-14(2)25)7-9-21(15,3)18(17)8-10-22(19,4)20(23)27-23/h5,16-20H,6-12H2,1-4H3/t16-,17-,18+,19-,20+,21-,22+,23+/m1/s1. The summed E-state index contributed by atoms with van der Waals surface area (Å²) < 4.78 is 11.6. The molecule has 8 atom stereocenters. The van der Waals surface area contributed by atoms with Gasteiger partial charge in [-0.1, -0.05) is 25.5 Å². The maximum atomic E-state index is 12.3. The van der Waals surface area contributed by atoms with Crippen LogP contribution in [0.25, 0.3) is 0 Å². The second kappa shape index (κ2) is 5.46. The smallest absolute Gasteiger partial charge is 0.302 e. The molecule has 3 saturated carbocycles. The molecule has 0 spiro atoms. The van der Waals surface area contributed by atoms with Gasteiger partial charge in [0.1, 0.15) is 12.2 Å². The normalized spacial score (nSPS) is 52.6. The van der Waals surface area contributed by atoms with Crippen molar-refractivity contribution in [2.45, 2.75) is 90.4 Å². The molecule has 0 aromatic rings. The van der Waals surface area contributed by atoms with Gasteiger partial charge in [-0.25, -0.2) is 0 Å². The van der Waals surface area contributed by atoms with Crippen LogP contribution in [0.15, 0.2) is 11.6 Å². The van der Waals surface area contributed by atoms with Gasteiger partial charge >= 0.3 is 5.97 Å². The predicted molar refractivity (Wildman–Crippen MR) is 101 cm³/mol. The maximum absolute atomic E-state index is 12.3. The van der Waals surface area contributed by atoms with E-state index in [2.05, 4.69) is 19.9 Å². The Kier molecular flexibility index (Phi) is 3.62. The van der Waals surface area contributed by atoms with Crippen molar-refractivity contribution in [1.82, 2.24) is 0 Å². The highest BCUT2D eigenvalue weighted by atomic mass is 16.6. The highest BCUT2D eigenvalue weighted by Crippen LogP contribution is 2.72. The van der Waals surface area contributed by atoms with Gasteiger partial charge in [0.25, 0.3) is 0 Å². The number of esters is 1. The van der Waals surface area contributed by atoms with Crippen molar-refractivity contribution in [3.63, 3.8) is 0 Å². The Balaban J connectivity index is 1.42. The van der Waals surface area contributed by atoms with Gasteiger partial charge < -0.3 is 9.47 Å². The largest absolute Gasteiger partial charge is 0.462 e. The Bertz CT molecular complexity index is 741. The third-order valence-corrected chi connectivity index (χ3v) is 9.24. The van der Waals surface area contributed by atoms with Crippen molar-refractivity contribution in [3.05, 3.63) is 11.6 Å². The molecule has 5 rings (SSSR count). The first-order valence-electron chi connectivity index (χ1n) is 10.8. The molecule has 5 aliphatic rings. The zero-order chi connectivity index (χ0) is 19.2. The molecule has 0 unspecified atom stereocenters. The van der Waals surface area contributed by atoms with Crippen LogP contribution in [-0.2, 0) is 19.1 Å². The van der Waals surface area contributed by atoms with E-state index in [9.17, 15) is 9.59 Å². The second-order valence-corrected chi connectivity index (χ2v) is 10.4. The minimum absolute atomic E-state index is 0.0562. The molecule has 4 heteroatoms. The van der Waals surface area contributed by atoms with E-state index in [4.69, 9.17) is 9.47 Å². The summed E-state index contributed by atoms with van der Waals surface area (Å²) in [5.74, 6) is 2.02. The number of hydrogen-bond acceptors (Lipinski definition) is 4. The molecule has 4 aliphatic carbocycles. The van der Waals surface area contributed by atoms with E-state index in [1.807, 2.05) is 0 Å². The van der Waals surface area contributed by atoms with Crippen LogP contribution in [-0.4, -0.2) is 29.6 Å². The van der Waals surface area contributed by atoms with E-state index >= 15 is 0 Å². The molecule has 0 amide bonds. The maximum Gasteiger partial charge on any atom is 0.302 e. The minimum Gasteiger partial charge on any atom is -0.462 e. The van der Waals surface area contributed by atoms with E-state index in [0.29, 0.717) is 17.8 Å². The third-order valence-electron chi connectivity index (χ3n) is 9.24. The number of hydrogen-bond donors (Lipinski definition) is 0. The summed E-state index contributed by atoms with van der Waals surface area (Å²) in [4.78, 5) is 23.7. The summed E-state index contributed by atoms with van der Waals surface area (Å²) in [5.41, 5.74) is 1.47. The molecule has 1 saturated heterocycles. The number of allylic oxidation sites excluding steroid dienone is 1. The van der Waals surface area contributed by atoms with Gasteiger partial charge in [-0.05, 0) is 68.6 Å². The Morgan fingerprint density at radius 2 is 1.93 bits per heavy atom. The van der Waals surface area contributed by atoms with Crippen LogP contribution in [0.1, 0.15) is 72.6 Å². The van der Waals surface area contributed by atoms with Crippen LogP contribution in [0, 0.1) is 28.6 Å². The molecule has 0 aromatic carbocycles. The fourth-order valence-corrected chi connectivity index (χ4v) is 7.76. The molecule has 4 nitrogen and oxygen atoms in total. The van der Waals surface area contributed by atoms with E-state index in [1.54, 1.807) is 6.92 Å². The number of carbonyl (C=O) groups is 2. The molecule has 4 fully saturated rings. The zero-order valence-corrected chi connectivity index (χ0v) is 17.0. The molecule has 0 bridgehead atoms. The molecular weight excluding hydrogens is 340 g/mol. The first kappa shape index (κ1) is 17.9. The van der Waals surface area contributed by atoms with E-state index in [0.717, 1.165) is 32.1 Å². The summed E-state index contributed by atoms with van der Waals surface area (Å²) >= 11 is 0. The summed E-state index contributed by atoms with van der Waals surface area (Å²) in [5, 5.41) is 0. The number of carbonyl (C=O) groups excluding carboxylic acids is 2. The van der Waals surface area contributed by atoms with Crippen LogP contribution in [0.2, 0.25) is 0 Å². The molecule has 148 valence electrons. The highest BCUT2D eigenvalue weighted by molar-refractivity contribution is 5.89. The molecule has 1 heterocycles. The molecule has 1 aliphatic heterocycles. The summed E-state index contributed by atoms with van der Waals surface area (Å²) in [6, 6.07) is 0. The van der Waals surface area contributed by atoms with E-state index in [-0.39, 0.29) is 34.8 Å². The van der Waals surface area contributed by atoms with Crippen LogP contribution in [0.5, 0.6) is 0 Å². The third kappa shape index (κ3) is 2.25. The SMILES string of the molecule is CC(=O)O[C@@H]1CC[C@]2(C)C(=CC[C@H]3[C@H]4C[C@@]5(C(C)=O)O[C@H]5[C@@]4(C)CC[C@@H]32)C1. The first-order valence-corrected chi connectivity index (χ1v) is 10.8. The van der Waals surface area contributed by atoms with Gasteiger partial charge in [0.15, 0.2) is 11.4 Å². The number of fused-ring (bicyclic) bond motifs is 7. The van der Waals surface area contributed by atoms with Crippen molar-refractivity contribution in [3.8, 4) is 0 Å². The van der Waals surface area contributed by atoms with Crippen LogP contribution >= 0.6 is 0 Å². The number of ether oxygens (including phenoxy) is 2. The average Bonchev–Trinajstić information content (AvgIpc) is 3.28. The Morgan fingerprint density at radius 3 is 2.63 bits per heavy atom. The molecule has 27 heavy (non-hydrogen) atoms. The molecular formula is C23H32O4. The lowest BCUT2D eigenvalue weighted by molar-refractivity contribution is -0.148. The van der Waals surface area contributed by atoms with Crippen molar-refractivity contribution >= 4 is 11.8 Å². The quantitative estimate of drug-likeness (QED) is 0.414. The minimum atomic E-state index is -0.452. The average molecular weight is 373 g/mol. The number of ketones is 1. The highest BCUT2D eigenvalue weighted by Gasteiger charge is 2.77. The van der Waals surface area contributed by atoms with Gasteiger partial charge in [-0.3, -0.25) is 9.59 Å². The second-order valence-electron chi connectivity index (χ2n) is 10.4. The lowest BCUT2D eigenvalue weighted by Crippen LogP contribution is -2.51. The van der Waals surface area contributed by atoms with Crippen molar-refractivity contribution < 1.29 is 19.1 Å². The zero-order valence-electron chi connectivity index (χ0n) is 17.0. The Morgan fingerprint density at radius 1 is 1.15 bits per heavy atom. The van der Waals surface area contributed by atoms with Gasteiger partial charge in [0, 0.05) is 18.8 Å². The van der Waals surface area contributed by atoms with Gasteiger partial charge in [0.2, 0.25) is 0 Å². The van der Waals surface area contributed by atoms with Crippen molar-refractivity contribution in [1.29, 1.82) is 0 Å². The fourth-order valence-electron chi connectivity index (χ4n) is 7.76. The molecule has 0 radical (unpaired) electrons. The Hall–Kier alpha value is -1.16. The molecule has 0 N–H and O–H groups in total. The number of epoxide rings is 1. The van der Waals surface area contributed by atoms with Gasteiger partial charge in [-0.2, -0.15) is 0 Å². The summed E-state index contributed by atoms with van der Waals surface area (Å²) in [7, 11) is 0. The lowest BCUT2D eigenvalue weighted by atomic mass is 9.48. The topological polar surface area (TPSA) is 55.9 Å². The number of Topliss-reactive ketones (excluding diaryl/α,β-unsaturated/α-hetero) is 1. The van der Waals surface area contributed by atoms with Crippen molar-refractivity contribution in [2.75, 3.05) is 0 Å². The number of rotatable bonds is 2. The predicted octanol–water partition coefficient (Wildman–Crippen LogP) is 4.22. The Labute approximate surface area is 162 Å². The monoisotopic (exact) mass is 372 g/mol. The fraction of sp³-hybridized carbons (Fsp3) is 0.826. The van der Waals surface area contributed by atoms with Gasteiger partial charge in [-0.15, -0.1) is 0 Å². The first-order chi connectivity index (χ1) is 12.7. The van der Waals surface area contributed by atoms with Crippen molar-refractivity contribution in [2.24, 2.45) is 28.6 Å². The van der Waals surface area contributed by atoms with Gasteiger partial charge in [0.05, 0.1) is 0 Å².